The number of nitrogens with zero attached hydrogens (tertiary/aromatic N) is 3. The molecule has 1 N–H and O–H groups in total. The van der Waals surface area contributed by atoms with Crippen molar-refractivity contribution in [3.05, 3.63) is 76.5 Å². The van der Waals surface area contributed by atoms with Crippen molar-refractivity contribution < 1.29 is 32.7 Å². The van der Waals surface area contributed by atoms with Gasteiger partial charge >= 0.3 is 5.97 Å². The molecule has 0 aliphatic carbocycles. The number of carbonyl (C=O) groups excluding carboxylic acids is 3. The van der Waals surface area contributed by atoms with Crippen molar-refractivity contribution in [1.82, 2.24) is 9.55 Å². The Morgan fingerprint density at radius 1 is 1.26 bits per heavy atom. The molecule has 4 aromatic rings. The minimum absolute atomic E-state index is 0.0971. The number of oxazole rings is 1. The molecule has 1 saturated heterocycles. The first-order chi connectivity index (χ1) is 20.6. The first-order valence-electron chi connectivity index (χ1n) is 13.9. The molecule has 0 radical (unpaired) electrons. The molecule has 10 nitrogen and oxygen atoms in total. The van der Waals surface area contributed by atoms with Crippen molar-refractivity contribution in [1.29, 1.82) is 0 Å². The average Bonchev–Trinajstić information content (AvgIpc) is 3.73. The number of anilines is 2. The summed E-state index contributed by atoms with van der Waals surface area (Å²) in [4.78, 5) is 43.6. The van der Waals surface area contributed by atoms with Gasteiger partial charge in [-0.2, -0.15) is 0 Å². The van der Waals surface area contributed by atoms with Crippen LogP contribution in [0.4, 0.5) is 16.1 Å². The van der Waals surface area contributed by atoms with E-state index >= 15 is 4.39 Å². The molecule has 1 aliphatic rings. The van der Waals surface area contributed by atoms with E-state index in [-0.39, 0.29) is 40.9 Å². The number of hydrogen-bond donors (Lipinski definition) is 1. The minimum atomic E-state index is -0.844. The summed E-state index contributed by atoms with van der Waals surface area (Å²) in [6, 6.07) is 10.3. The number of para-hydroxylation sites is 1. The van der Waals surface area contributed by atoms with Gasteiger partial charge < -0.3 is 28.7 Å². The van der Waals surface area contributed by atoms with E-state index in [1.807, 2.05) is 40.8 Å². The van der Waals surface area contributed by atoms with E-state index in [9.17, 15) is 14.4 Å². The van der Waals surface area contributed by atoms with Gasteiger partial charge in [-0.05, 0) is 43.5 Å². The van der Waals surface area contributed by atoms with Crippen LogP contribution in [0.1, 0.15) is 47.9 Å². The molecular weight excluding hydrogens is 579 g/mol. The zero-order valence-corrected chi connectivity index (χ0v) is 24.8. The average molecular weight is 611 g/mol. The van der Waals surface area contributed by atoms with Gasteiger partial charge in [0.25, 0.3) is 11.9 Å². The smallest absolute Gasteiger partial charge is 0.305 e. The van der Waals surface area contributed by atoms with E-state index in [2.05, 4.69) is 15.0 Å². The van der Waals surface area contributed by atoms with E-state index in [0.29, 0.717) is 36.7 Å². The number of amides is 1. The maximum atomic E-state index is 15.1. The Morgan fingerprint density at radius 3 is 2.84 bits per heavy atom. The number of ether oxygens (including phenoxy) is 2. The Hall–Kier alpha value is -4.22. The first kappa shape index (κ1) is 30.2. The number of aryl methyl sites for hydroxylation is 2. The van der Waals surface area contributed by atoms with Gasteiger partial charge in [0.05, 0.1) is 36.0 Å². The number of rotatable bonds is 11. The molecule has 2 aromatic heterocycles. The van der Waals surface area contributed by atoms with Gasteiger partial charge in [-0.3, -0.25) is 14.4 Å². The van der Waals surface area contributed by atoms with Crippen LogP contribution in [-0.2, 0) is 39.0 Å². The number of benzene rings is 2. The molecule has 226 valence electrons. The summed E-state index contributed by atoms with van der Waals surface area (Å²) in [6.07, 6.45) is 3.72. The summed E-state index contributed by atoms with van der Waals surface area (Å²) in [5.41, 5.74) is 1.52. The largest absolute Gasteiger partial charge is 0.469 e. The maximum absolute atomic E-state index is 15.1. The molecular formula is C31H32ClFN4O6. The Morgan fingerprint density at radius 2 is 2.05 bits per heavy atom. The number of hydrogen-bond acceptors (Lipinski definition) is 8. The van der Waals surface area contributed by atoms with E-state index in [1.54, 1.807) is 19.3 Å². The molecule has 1 fully saturated rings. The van der Waals surface area contributed by atoms with Crippen molar-refractivity contribution in [3.63, 3.8) is 0 Å². The fraction of sp³-hybridized carbons (Fsp3) is 0.355. The third-order valence-corrected chi connectivity index (χ3v) is 7.81. The van der Waals surface area contributed by atoms with Crippen LogP contribution in [0.25, 0.3) is 10.9 Å². The minimum Gasteiger partial charge on any atom is -0.469 e. The normalized spacial score (nSPS) is 15.6. The molecule has 1 unspecified atom stereocenters. The number of esters is 1. The fourth-order valence-electron chi connectivity index (χ4n) is 5.14. The second kappa shape index (κ2) is 13.0. The summed E-state index contributed by atoms with van der Waals surface area (Å²) >= 11 is 6.41. The quantitative estimate of drug-likeness (QED) is 0.223. The van der Waals surface area contributed by atoms with Gasteiger partial charge in [0, 0.05) is 43.5 Å². The number of nitrogens with one attached hydrogen (secondary N) is 1. The number of aromatic nitrogens is 2. The van der Waals surface area contributed by atoms with Crippen molar-refractivity contribution in [2.45, 2.75) is 51.4 Å². The van der Waals surface area contributed by atoms with E-state index in [0.717, 1.165) is 23.4 Å². The van der Waals surface area contributed by atoms with Gasteiger partial charge in [-0.1, -0.05) is 29.8 Å². The standard InChI is InChI=1S/C31H32ClFN4O6/c1-18(42-28-9-6-12-37(28)31-34-16-20(43-31)10-11-29(39)41-3)27(38)14-19-13-23(32)25(15-24(19)33)35-30(40)22-17-36(2)26-8-5-4-7-21(22)26/h4-5,7-8,13,15-18,28H,6,9-12,14H2,1-3H3,(H,35,40)/t18?,28-/m0/s1. The molecule has 0 saturated carbocycles. The van der Waals surface area contributed by atoms with Crippen LogP contribution < -0.4 is 10.2 Å². The van der Waals surface area contributed by atoms with Crippen LogP contribution in [0.2, 0.25) is 5.02 Å². The second-order valence-corrected chi connectivity index (χ2v) is 10.9. The zero-order chi connectivity index (χ0) is 30.7. The molecule has 0 bridgehead atoms. The molecule has 5 rings (SSSR count). The first-order valence-corrected chi connectivity index (χ1v) is 14.3. The van der Waals surface area contributed by atoms with E-state index in [1.165, 1.54) is 13.2 Å². The Balaban J connectivity index is 1.20. The predicted octanol–water partition coefficient (Wildman–Crippen LogP) is 5.46. The Labute approximate surface area is 252 Å². The van der Waals surface area contributed by atoms with Gasteiger partial charge in [0.2, 0.25) is 0 Å². The van der Waals surface area contributed by atoms with Crippen LogP contribution >= 0.6 is 11.6 Å². The lowest BCUT2D eigenvalue weighted by molar-refractivity contribution is -0.140. The topological polar surface area (TPSA) is 116 Å². The van der Waals surface area contributed by atoms with Crippen LogP contribution in [0.3, 0.4) is 0 Å². The summed E-state index contributed by atoms with van der Waals surface area (Å²) in [7, 11) is 3.17. The summed E-state index contributed by atoms with van der Waals surface area (Å²) in [5, 5.41) is 3.56. The third-order valence-electron chi connectivity index (χ3n) is 7.49. The summed E-state index contributed by atoms with van der Waals surface area (Å²) < 4.78 is 33.5. The molecule has 1 aliphatic heterocycles. The monoisotopic (exact) mass is 610 g/mol. The van der Waals surface area contributed by atoms with Crippen molar-refractivity contribution in [2.24, 2.45) is 7.05 Å². The predicted molar refractivity (Wildman–Crippen MR) is 159 cm³/mol. The van der Waals surface area contributed by atoms with Crippen LogP contribution in [0.5, 0.6) is 0 Å². The SMILES string of the molecule is COC(=O)CCc1cnc(N2CCC[C@@H]2OC(C)C(=O)Cc2cc(Cl)c(NC(=O)c3cn(C)c4ccccc34)cc2F)o1. The molecule has 2 aromatic carbocycles. The molecule has 12 heteroatoms. The van der Waals surface area contributed by atoms with Gasteiger partial charge in [0.15, 0.2) is 5.78 Å². The van der Waals surface area contributed by atoms with E-state index < -0.39 is 24.1 Å². The lowest BCUT2D eigenvalue weighted by Gasteiger charge is -2.25. The second-order valence-electron chi connectivity index (χ2n) is 10.4. The Kier molecular flexibility index (Phi) is 9.12. The number of halogens is 2. The summed E-state index contributed by atoms with van der Waals surface area (Å²) in [5.74, 6) is -1.22. The highest BCUT2D eigenvalue weighted by molar-refractivity contribution is 6.34. The number of ketones is 1. The molecule has 1 amide bonds. The zero-order valence-electron chi connectivity index (χ0n) is 24.1. The lowest BCUT2D eigenvalue weighted by Crippen LogP contribution is -2.37. The van der Waals surface area contributed by atoms with Crippen molar-refractivity contribution in [2.75, 3.05) is 23.9 Å². The highest BCUT2D eigenvalue weighted by atomic mass is 35.5. The number of methoxy groups -OCH3 is 1. The number of fused-ring (bicyclic) bond motifs is 1. The van der Waals surface area contributed by atoms with Gasteiger partial charge in [-0.25, -0.2) is 9.37 Å². The molecule has 43 heavy (non-hydrogen) atoms. The van der Waals surface area contributed by atoms with Crippen molar-refractivity contribution >= 4 is 51.9 Å². The van der Waals surface area contributed by atoms with Gasteiger partial charge in [-0.15, -0.1) is 0 Å². The number of carbonyl (C=O) groups is 3. The van der Waals surface area contributed by atoms with Crippen LogP contribution in [0.15, 0.2) is 53.2 Å². The molecule has 0 spiro atoms. The van der Waals surface area contributed by atoms with Crippen LogP contribution in [0, 0.1) is 5.82 Å². The Bertz CT molecular complexity index is 1670. The van der Waals surface area contributed by atoms with Crippen molar-refractivity contribution in [3.8, 4) is 0 Å². The number of Topliss-reactive ketones (excluding diaryl/α,β-unsaturated/α-hetero) is 1. The maximum Gasteiger partial charge on any atom is 0.305 e. The highest BCUT2D eigenvalue weighted by Gasteiger charge is 2.32. The molecule has 3 heterocycles. The summed E-state index contributed by atoms with van der Waals surface area (Å²) in [6.45, 7) is 2.24. The molecule has 2 atom stereocenters. The lowest BCUT2D eigenvalue weighted by atomic mass is 10.0. The fourth-order valence-corrected chi connectivity index (χ4v) is 5.38. The third kappa shape index (κ3) is 6.73. The van der Waals surface area contributed by atoms with Crippen LogP contribution in [-0.4, -0.2) is 53.2 Å². The van der Waals surface area contributed by atoms with Gasteiger partial charge in [0.1, 0.15) is 23.9 Å². The van der Waals surface area contributed by atoms with E-state index in [4.69, 9.17) is 20.8 Å². The highest BCUT2D eigenvalue weighted by Crippen LogP contribution is 2.30.